The number of methoxy groups -OCH3 is 1. The number of ether oxygens (including phenoxy) is 3. The molecule has 27 heavy (non-hydrogen) atoms. The topological polar surface area (TPSA) is 97.9 Å². The van der Waals surface area contributed by atoms with Gasteiger partial charge in [-0.05, 0) is 42.8 Å². The van der Waals surface area contributed by atoms with E-state index in [0.717, 1.165) is 5.56 Å². The molecule has 1 heterocycles. The van der Waals surface area contributed by atoms with Gasteiger partial charge in [0.1, 0.15) is 5.75 Å². The van der Waals surface area contributed by atoms with Crippen molar-refractivity contribution in [3.05, 3.63) is 42.0 Å². The summed E-state index contributed by atoms with van der Waals surface area (Å²) < 4.78 is 15.9. The van der Waals surface area contributed by atoms with Gasteiger partial charge in [0.2, 0.25) is 12.7 Å². The Labute approximate surface area is 156 Å². The van der Waals surface area contributed by atoms with Gasteiger partial charge in [0, 0.05) is 12.6 Å². The van der Waals surface area contributed by atoms with Crippen molar-refractivity contribution in [1.82, 2.24) is 5.32 Å². The molecule has 0 saturated carbocycles. The van der Waals surface area contributed by atoms with Gasteiger partial charge in [-0.25, -0.2) is 4.79 Å². The van der Waals surface area contributed by atoms with Crippen molar-refractivity contribution in [2.24, 2.45) is 0 Å². The SMILES string of the molecule is COc1ccc(NC(C)=O)cc1NC(=O)NC(C)c1ccc2c(c1)OCO2. The molecule has 3 N–H and O–H groups in total. The van der Waals surface area contributed by atoms with Crippen LogP contribution >= 0.6 is 0 Å². The van der Waals surface area contributed by atoms with Gasteiger partial charge in [-0.2, -0.15) is 0 Å². The monoisotopic (exact) mass is 371 g/mol. The van der Waals surface area contributed by atoms with Crippen LogP contribution in [-0.2, 0) is 4.79 Å². The van der Waals surface area contributed by atoms with E-state index in [9.17, 15) is 9.59 Å². The standard InChI is InChI=1S/C19H21N3O5/c1-11(13-4-6-17-18(8-13)27-10-26-17)20-19(24)22-15-9-14(21-12(2)23)5-7-16(15)25-3/h4-9,11H,10H2,1-3H3,(H,21,23)(H2,20,22,24). The number of hydrogen-bond donors (Lipinski definition) is 3. The van der Waals surface area contributed by atoms with Crippen molar-refractivity contribution in [3.8, 4) is 17.2 Å². The van der Waals surface area contributed by atoms with Crippen molar-refractivity contribution >= 4 is 23.3 Å². The molecule has 0 radical (unpaired) electrons. The minimum atomic E-state index is -0.404. The van der Waals surface area contributed by atoms with Crippen molar-refractivity contribution in [2.75, 3.05) is 24.5 Å². The first-order chi connectivity index (χ1) is 13.0. The third-order valence-corrected chi connectivity index (χ3v) is 4.01. The van der Waals surface area contributed by atoms with Crippen LogP contribution in [0.5, 0.6) is 17.2 Å². The Morgan fingerprint density at radius 3 is 2.59 bits per heavy atom. The number of amides is 3. The van der Waals surface area contributed by atoms with Crippen LogP contribution in [0.25, 0.3) is 0 Å². The van der Waals surface area contributed by atoms with Crippen molar-refractivity contribution in [1.29, 1.82) is 0 Å². The molecule has 1 aliphatic heterocycles. The second-order valence-corrected chi connectivity index (χ2v) is 6.03. The maximum atomic E-state index is 12.4. The van der Waals surface area contributed by atoms with Crippen LogP contribution in [0.4, 0.5) is 16.2 Å². The van der Waals surface area contributed by atoms with Crippen molar-refractivity contribution in [3.63, 3.8) is 0 Å². The van der Waals surface area contributed by atoms with Crippen LogP contribution in [0.2, 0.25) is 0 Å². The largest absolute Gasteiger partial charge is 0.495 e. The van der Waals surface area contributed by atoms with Crippen LogP contribution < -0.4 is 30.2 Å². The molecule has 1 atom stereocenters. The average Bonchev–Trinajstić information content (AvgIpc) is 3.09. The van der Waals surface area contributed by atoms with Crippen molar-refractivity contribution in [2.45, 2.75) is 19.9 Å². The number of carbonyl (C=O) groups is 2. The lowest BCUT2D eigenvalue weighted by Gasteiger charge is -2.17. The van der Waals surface area contributed by atoms with Gasteiger partial charge in [0.05, 0.1) is 18.8 Å². The molecule has 0 aromatic heterocycles. The van der Waals surface area contributed by atoms with E-state index in [0.29, 0.717) is 28.6 Å². The molecule has 0 bridgehead atoms. The number of hydrogen-bond acceptors (Lipinski definition) is 5. The van der Waals surface area contributed by atoms with Gasteiger partial charge >= 0.3 is 6.03 Å². The molecule has 142 valence electrons. The molecule has 8 nitrogen and oxygen atoms in total. The molecular formula is C19H21N3O5. The van der Waals surface area contributed by atoms with Crippen LogP contribution in [0, 0.1) is 0 Å². The van der Waals surface area contributed by atoms with Gasteiger partial charge in [-0.3, -0.25) is 4.79 Å². The second-order valence-electron chi connectivity index (χ2n) is 6.03. The van der Waals surface area contributed by atoms with E-state index >= 15 is 0 Å². The summed E-state index contributed by atoms with van der Waals surface area (Å²) in [6.45, 7) is 3.48. The first-order valence-electron chi connectivity index (χ1n) is 8.39. The summed E-state index contributed by atoms with van der Waals surface area (Å²) in [5, 5.41) is 8.27. The van der Waals surface area contributed by atoms with E-state index in [1.54, 1.807) is 18.2 Å². The molecule has 3 amide bonds. The fourth-order valence-corrected chi connectivity index (χ4v) is 2.71. The lowest BCUT2D eigenvalue weighted by molar-refractivity contribution is -0.114. The number of rotatable bonds is 5. The highest BCUT2D eigenvalue weighted by Crippen LogP contribution is 2.34. The fraction of sp³-hybridized carbons (Fsp3) is 0.263. The lowest BCUT2D eigenvalue weighted by Crippen LogP contribution is -2.31. The van der Waals surface area contributed by atoms with Gasteiger partial charge in [-0.1, -0.05) is 6.07 Å². The van der Waals surface area contributed by atoms with Crippen LogP contribution in [0.1, 0.15) is 25.5 Å². The molecule has 8 heteroatoms. The van der Waals surface area contributed by atoms with E-state index in [4.69, 9.17) is 14.2 Å². The molecule has 2 aromatic carbocycles. The van der Waals surface area contributed by atoms with E-state index in [-0.39, 0.29) is 18.7 Å². The van der Waals surface area contributed by atoms with E-state index in [1.165, 1.54) is 14.0 Å². The number of fused-ring (bicyclic) bond motifs is 1. The fourth-order valence-electron chi connectivity index (χ4n) is 2.71. The lowest BCUT2D eigenvalue weighted by atomic mass is 10.1. The Hall–Kier alpha value is -3.42. The summed E-state index contributed by atoms with van der Waals surface area (Å²) in [7, 11) is 1.51. The minimum Gasteiger partial charge on any atom is -0.495 e. The molecule has 1 aliphatic rings. The van der Waals surface area contributed by atoms with Gasteiger partial charge in [-0.15, -0.1) is 0 Å². The van der Waals surface area contributed by atoms with Crippen LogP contribution in [-0.4, -0.2) is 25.8 Å². The van der Waals surface area contributed by atoms with E-state index < -0.39 is 6.03 Å². The summed E-state index contributed by atoms with van der Waals surface area (Å²) >= 11 is 0. The molecule has 0 fully saturated rings. The molecule has 3 rings (SSSR count). The first-order valence-corrected chi connectivity index (χ1v) is 8.39. The summed E-state index contributed by atoms with van der Waals surface area (Å²) in [6, 6.07) is 9.85. The highest BCUT2D eigenvalue weighted by Gasteiger charge is 2.17. The zero-order chi connectivity index (χ0) is 19.4. The first kappa shape index (κ1) is 18.4. The minimum absolute atomic E-state index is 0.200. The summed E-state index contributed by atoms with van der Waals surface area (Å²) in [4.78, 5) is 23.6. The quantitative estimate of drug-likeness (QED) is 0.749. The van der Waals surface area contributed by atoms with Gasteiger partial charge in [0.15, 0.2) is 11.5 Å². The number of nitrogens with one attached hydrogen (secondary N) is 3. The zero-order valence-corrected chi connectivity index (χ0v) is 15.3. The number of carbonyl (C=O) groups excluding carboxylic acids is 2. The third kappa shape index (κ3) is 4.41. The van der Waals surface area contributed by atoms with E-state index in [2.05, 4.69) is 16.0 Å². The number of urea groups is 1. The van der Waals surface area contributed by atoms with Crippen LogP contribution in [0.3, 0.4) is 0 Å². The Bertz CT molecular complexity index is 868. The molecular weight excluding hydrogens is 350 g/mol. The maximum absolute atomic E-state index is 12.4. The molecule has 0 saturated heterocycles. The average molecular weight is 371 g/mol. The zero-order valence-electron chi connectivity index (χ0n) is 15.3. The molecule has 0 spiro atoms. The molecule has 1 unspecified atom stereocenters. The summed E-state index contributed by atoms with van der Waals surface area (Å²) in [6.07, 6.45) is 0. The normalized spacial score (nSPS) is 12.9. The Morgan fingerprint density at radius 2 is 1.85 bits per heavy atom. The number of benzene rings is 2. The number of anilines is 2. The molecule has 0 aliphatic carbocycles. The van der Waals surface area contributed by atoms with E-state index in [1.807, 2.05) is 25.1 Å². The Morgan fingerprint density at radius 1 is 1.07 bits per heavy atom. The summed E-state index contributed by atoms with van der Waals surface area (Å²) in [5.74, 6) is 1.63. The highest BCUT2D eigenvalue weighted by molar-refractivity contribution is 5.94. The maximum Gasteiger partial charge on any atom is 0.319 e. The van der Waals surface area contributed by atoms with Gasteiger partial charge < -0.3 is 30.2 Å². The smallest absolute Gasteiger partial charge is 0.319 e. The predicted octanol–water partition coefficient (Wildman–Crippen LogP) is 3.27. The summed E-state index contributed by atoms with van der Waals surface area (Å²) in [5.41, 5.74) is 1.88. The molecule has 2 aromatic rings. The predicted molar refractivity (Wildman–Crippen MR) is 100 cm³/mol. The third-order valence-electron chi connectivity index (χ3n) is 4.01. The van der Waals surface area contributed by atoms with Crippen LogP contribution in [0.15, 0.2) is 36.4 Å². The Balaban J connectivity index is 1.68. The second kappa shape index (κ2) is 7.86. The van der Waals surface area contributed by atoms with Gasteiger partial charge in [0.25, 0.3) is 0 Å². The van der Waals surface area contributed by atoms with Crippen molar-refractivity contribution < 1.29 is 23.8 Å². The highest BCUT2D eigenvalue weighted by atomic mass is 16.7. The Kier molecular flexibility index (Phi) is 5.35.